The summed E-state index contributed by atoms with van der Waals surface area (Å²) in [6.45, 7) is 6.39. The van der Waals surface area contributed by atoms with Gasteiger partial charge >= 0.3 is 5.97 Å². The molecule has 142 valence electrons. The molecule has 1 heterocycles. The molecular formula is C21H24N2O4. The smallest absolute Gasteiger partial charge is 0.355 e. The molecule has 1 aromatic carbocycles. The van der Waals surface area contributed by atoms with Crippen molar-refractivity contribution >= 4 is 23.3 Å². The Bertz CT molecular complexity index is 927. The summed E-state index contributed by atoms with van der Waals surface area (Å²) >= 11 is 0. The lowest BCUT2D eigenvalue weighted by atomic mass is 10.1. The number of benzene rings is 1. The highest BCUT2D eigenvalue weighted by molar-refractivity contribution is 6.02. The van der Waals surface area contributed by atoms with Gasteiger partial charge in [-0.05, 0) is 75.8 Å². The van der Waals surface area contributed by atoms with Crippen LogP contribution < -0.4 is 5.32 Å². The van der Waals surface area contributed by atoms with Crippen molar-refractivity contribution in [1.29, 1.82) is 0 Å². The average Bonchev–Trinajstić information content (AvgIpc) is 3.18. The summed E-state index contributed by atoms with van der Waals surface area (Å²) < 4.78 is 5.30. The molecule has 1 aromatic heterocycles. The van der Waals surface area contributed by atoms with Crippen molar-refractivity contribution < 1.29 is 19.1 Å². The number of esters is 1. The number of anilines is 1. The number of fused-ring (bicyclic) bond motifs is 1. The molecule has 2 aromatic rings. The lowest BCUT2D eigenvalue weighted by molar-refractivity contribution is -0.123. The molecule has 0 fully saturated rings. The van der Waals surface area contributed by atoms with Gasteiger partial charge in [-0.25, -0.2) is 4.79 Å². The third-order valence-electron chi connectivity index (χ3n) is 5.01. The van der Waals surface area contributed by atoms with Crippen LogP contribution in [0.5, 0.6) is 0 Å². The van der Waals surface area contributed by atoms with Gasteiger partial charge in [0.2, 0.25) is 0 Å². The minimum atomic E-state index is -0.963. The summed E-state index contributed by atoms with van der Waals surface area (Å²) in [5, 5.41) is 2.80. The molecule has 0 saturated carbocycles. The van der Waals surface area contributed by atoms with Crippen molar-refractivity contribution in [3.63, 3.8) is 0 Å². The van der Waals surface area contributed by atoms with Crippen LogP contribution >= 0.6 is 0 Å². The molecule has 27 heavy (non-hydrogen) atoms. The zero-order valence-corrected chi connectivity index (χ0v) is 16.1. The number of rotatable bonds is 5. The maximum Gasteiger partial charge on any atom is 0.355 e. The summed E-state index contributed by atoms with van der Waals surface area (Å²) in [5.41, 5.74) is 5.12. The van der Waals surface area contributed by atoms with Crippen LogP contribution in [-0.4, -0.2) is 28.7 Å². The molecule has 0 saturated heterocycles. The standard InChI is InChI=1S/C21H24N2O4/c1-11-18(13(3)24)12(2)22-19(11)21(26)27-14(4)20(25)23-17-9-8-15-6-5-7-16(15)10-17/h8-10,14,22H,5-7H2,1-4H3,(H,23,25)/t14-/m1/s1. The Balaban J connectivity index is 1.67. The molecule has 0 radical (unpaired) electrons. The van der Waals surface area contributed by atoms with Gasteiger partial charge in [-0.15, -0.1) is 0 Å². The predicted molar refractivity (Wildman–Crippen MR) is 102 cm³/mol. The molecular weight excluding hydrogens is 344 g/mol. The van der Waals surface area contributed by atoms with E-state index in [1.54, 1.807) is 13.8 Å². The van der Waals surface area contributed by atoms with E-state index in [1.165, 1.54) is 25.0 Å². The number of aromatic amines is 1. The van der Waals surface area contributed by atoms with E-state index >= 15 is 0 Å². The van der Waals surface area contributed by atoms with Crippen molar-refractivity contribution in [3.8, 4) is 0 Å². The minimum Gasteiger partial charge on any atom is -0.448 e. The first kappa shape index (κ1) is 18.9. The van der Waals surface area contributed by atoms with Gasteiger partial charge in [-0.2, -0.15) is 0 Å². The van der Waals surface area contributed by atoms with Crippen LogP contribution in [0.2, 0.25) is 0 Å². The Morgan fingerprint density at radius 3 is 2.52 bits per heavy atom. The second-order valence-corrected chi connectivity index (χ2v) is 7.06. The van der Waals surface area contributed by atoms with Crippen molar-refractivity contribution in [3.05, 3.63) is 51.8 Å². The van der Waals surface area contributed by atoms with Crippen molar-refractivity contribution in [2.45, 2.75) is 53.1 Å². The van der Waals surface area contributed by atoms with Gasteiger partial charge in [0.15, 0.2) is 11.9 Å². The Kier molecular flexibility index (Phi) is 5.17. The van der Waals surface area contributed by atoms with Crippen LogP contribution in [0, 0.1) is 13.8 Å². The largest absolute Gasteiger partial charge is 0.448 e. The third kappa shape index (κ3) is 3.79. The van der Waals surface area contributed by atoms with Gasteiger partial charge in [0, 0.05) is 16.9 Å². The zero-order chi connectivity index (χ0) is 19.7. The van der Waals surface area contributed by atoms with E-state index in [9.17, 15) is 14.4 Å². The number of nitrogens with one attached hydrogen (secondary N) is 2. The fourth-order valence-corrected chi connectivity index (χ4v) is 3.65. The van der Waals surface area contributed by atoms with Gasteiger partial charge in [0.1, 0.15) is 5.69 Å². The van der Waals surface area contributed by atoms with E-state index in [0.29, 0.717) is 22.5 Å². The van der Waals surface area contributed by atoms with Crippen molar-refractivity contribution in [2.24, 2.45) is 0 Å². The first-order valence-corrected chi connectivity index (χ1v) is 9.11. The van der Waals surface area contributed by atoms with Crippen LogP contribution in [0.25, 0.3) is 0 Å². The Morgan fingerprint density at radius 1 is 1.15 bits per heavy atom. The Labute approximate surface area is 158 Å². The topological polar surface area (TPSA) is 88.3 Å². The summed E-state index contributed by atoms with van der Waals surface area (Å²) in [5.74, 6) is -1.17. The molecule has 0 aliphatic heterocycles. The van der Waals surface area contributed by atoms with E-state index in [2.05, 4.69) is 10.3 Å². The highest BCUT2D eigenvalue weighted by atomic mass is 16.5. The van der Waals surface area contributed by atoms with Crippen LogP contribution in [-0.2, 0) is 22.4 Å². The number of carbonyl (C=O) groups is 3. The number of carbonyl (C=O) groups excluding carboxylic acids is 3. The molecule has 0 bridgehead atoms. The molecule has 1 amide bonds. The van der Waals surface area contributed by atoms with Gasteiger partial charge in [-0.3, -0.25) is 9.59 Å². The fourth-order valence-electron chi connectivity index (χ4n) is 3.65. The number of ketones is 1. The van der Waals surface area contributed by atoms with Gasteiger partial charge in [-0.1, -0.05) is 6.07 Å². The highest BCUT2D eigenvalue weighted by Crippen LogP contribution is 2.25. The maximum atomic E-state index is 12.4. The molecule has 0 unspecified atom stereocenters. The number of aryl methyl sites for hydroxylation is 3. The quantitative estimate of drug-likeness (QED) is 0.624. The number of aromatic nitrogens is 1. The molecule has 2 N–H and O–H groups in total. The SMILES string of the molecule is CC(=O)c1c(C)[nH]c(C(=O)O[C@H](C)C(=O)Nc2ccc3c(c2)CCC3)c1C. The van der Waals surface area contributed by atoms with E-state index < -0.39 is 18.0 Å². The predicted octanol–water partition coefficient (Wildman–Crippen LogP) is 3.51. The summed E-state index contributed by atoms with van der Waals surface area (Å²) in [7, 11) is 0. The third-order valence-corrected chi connectivity index (χ3v) is 5.01. The second-order valence-electron chi connectivity index (χ2n) is 7.06. The monoisotopic (exact) mass is 368 g/mol. The first-order valence-electron chi connectivity index (χ1n) is 9.11. The fraction of sp³-hybridized carbons (Fsp3) is 0.381. The second kappa shape index (κ2) is 7.39. The summed E-state index contributed by atoms with van der Waals surface area (Å²) in [6, 6.07) is 5.88. The van der Waals surface area contributed by atoms with E-state index in [0.717, 1.165) is 19.3 Å². The van der Waals surface area contributed by atoms with E-state index in [-0.39, 0.29) is 11.5 Å². The number of amides is 1. The Hall–Kier alpha value is -2.89. The molecule has 1 aliphatic rings. The van der Waals surface area contributed by atoms with Crippen LogP contribution in [0.4, 0.5) is 5.69 Å². The van der Waals surface area contributed by atoms with Gasteiger partial charge in [0.25, 0.3) is 5.91 Å². The summed E-state index contributed by atoms with van der Waals surface area (Å²) in [6.07, 6.45) is 2.27. The van der Waals surface area contributed by atoms with Crippen LogP contribution in [0.1, 0.15) is 63.5 Å². The normalized spacial score (nSPS) is 13.8. The summed E-state index contributed by atoms with van der Waals surface area (Å²) in [4.78, 5) is 39.4. The molecule has 1 atom stereocenters. The number of hydrogen-bond acceptors (Lipinski definition) is 4. The maximum absolute atomic E-state index is 12.4. The average molecular weight is 368 g/mol. The van der Waals surface area contributed by atoms with Crippen LogP contribution in [0.3, 0.4) is 0 Å². The van der Waals surface area contributed by atoms with Crippen molar-refractivity contribution in [2.75, 3.05) is 5.32 Å². The molecule has 3 rings (SSSR count). The van der Waals surface area contributed by atoms with Crippen LogP contribution in [0.15, 0.2) is 18.2 Å². The van der Waals surface area contributed by atoms with Gasteiger partial charge < -0.3 is 15.0 Å². The van der Waals surface area contributed by atoms with E-state index in [4.69, 9.17) is 4.74 Å². The number of Topliss-reactive ketones (excluding diaryl/α,β-unsaturated/α-hetero) is 1. The molecule has 6 nitrogen and oxygen atoms in total. The lowest BCUT2D eigenvalue weighted by Gasteiger charge is -2.14. The first-order chi connectivity index (χ1) is 12.8. The number of H-pyrrole nitrogens is 1. The molecule has 1 aliphatic carbocycles. The molecule has 6 heteroatoms. The lowest BCUT2D eigenvalue weighted by Crippen LogP contribution is -2.30. The highest BCUT2D eigenvalue weighted by Gasteiger charge is 2.25. The van der Waals surface area contributed by atoms with E-state index in [1.807, 2.05) is 18.2 Å². The zero-order valence-electron chi connectivity index (χ0n) is 16.1. The molecule has 0 spiro atoms. The van der Waals surface area contributed by atoms with Crippen molar-refractivity contribution in [1.82, 2.24) is 4.98 Å². The number of hydrogen-bond donors (Lipinski definition) is 2. The minimum absolute atomic E-state index is 0.122. The number of ether oxygens (including phenoxy) is 1. The van der Waals surface area contributed by atoms with Gasteiger partial charge in [0.05, 0.1) is 0 Å². The Morgan fingerprint density at radius 2 is 1.85 bits per heavy atom.